The number of ether oxygens (including phenoxy) is 1. The Balaban J connectivity index is 2.28. The Bertz CT molecular complexity index is 545. The summed E-state index contributed by atoms with van der Waals surface area (Å²) < 4.78 is 20.0. The van der Waals surface area contributed by atoms with Gasteiger partial charge in [0.15, 0.2) is 11.6 Å². The van der Waals surface area contributed by atoms with Crippen LogP contribution in [0.25, 0.3) is 0 Å². The molecule has 4 heteroatoms. The molecule has 0 atom stereocenters. The molecule has 0 spiro atoms. The highest BCUT2D eigenvalue weighted by molar-refractivity contribution is 9.10. The van der Waals surface area contributed by atoms with E-state index in [1.807, 2.05) is 24.3 Å². The van der Waals surface area contributed by atoms with Crippen LogP contribution in [0.15, 0.2) is 46.9 Å². The second-order valence-electron chi connectivity index (χ2n) is 3.82. The van der Waals surface area contributed by atoms with Crippen molar-refractivity contribution in [2.24, 2.45) is 5.73 Å². The maximum Gasteiger partial charge on any atom is 0.166 e. The zero-order chi connectivity index (χ0) is 13.0. The third kappa shape index (κ3) is 3.09. The van der Waals surface area contributed by atoms with Crippen LogP contribution in [0.5, 0.6) is 11.5 Å². The molecule has 0 fully saturated rings. The molecule has 0 aliphatic rings. The Hall–Kier alpha value is -1.39. The highest BCUT2D eigenvalue weighted by Crippen LogP contribution is 2.29. The molecule has 0 aliphatic carbocycles. The van der Waals surface area contributed by atoms with Crippen molar-refractivity contribution in [3.63, 3.8) is 0 Å². The highest BCUT2D eigenvalue weighted by atomic mass is 79.9. The van der Waals surface area contributed by atoms with E-state index in [0.717, 1.165) is 5.56 Å². The first-order valence-electron chi connectivity index (χ1n) is 5.61. The molecule has 0 radical (unpaired) electrons. The maximum atomic E-state index is 13.7. The number of para-hydroxylation sites is 1. The summed E-state index contributed by atoms with van der Waals surface area (Å²) in [5.74, 6) is 0.457. The summed E-state index contributed by atoms with van der Waals surface area (Å²) in [4.78, 5) is 0. The van der Waals surface area contributed by atoms with E-state index in [0.29, 0.717) is 23.2 Å². The van der Waals surface area contributed by atoms with Crippen molar-refractivity contribution >= 4 is 15.9 Å². The lowest BCUT2D eigenvalue weighted by Crippen LogP contribution is -2.04. The predicted molar refractivity (Wildman–Crippen MR) is 73.4 cm³/mol. The van der Waals surface area contributed by atoms with E-state index in [1.165, 1.54) is 6.07 Å². The summed E-state index contributed by atoms with van der Waals surface area (Å²) in [5.41, 5.74) is 6.51. The van der Waals surface area contributed by atoms with Gasteiger partial charge in [0, 0.05) is 4.47 Å². The molecule has 0 bridgehead atoms. The highest BCUT2D eigenvalue weighted by Gasteiger charge is 2.08. The second kappa shape index (κ2) is 5.98. The second-order valence-corrected chi connectivity index (χ2v) is 4.74. The van der Waals surface area contributed by atoms with E-state index in [2.05, 4.69) is 15.9 Å². The fourth-order valence-electron chi connectivity index (χ4n) is 1.64. The van der Waals surface area contributed by atoms with Crippen LogP contribution in [0.1, 0.15) is 5.56 Å². The number of benzene rings is 2. The van der Waals surface area contributed by atoms with Crippen LogP contribution in [-0.4, -0.2) is 6.54 Å². The molecule has 0 amide bonds. The standard InChI is InChI=1S/C14H13BrFNO/c15-11-5-6-14(12(16)9-11)18-13-4-2-1-3-10(13)7-8-17/h1-6,9H,7-8,17H2. The van der Waals surface area contributed by atoms with E-state index in [1.54, 1.807) is 12.1 Å². The summed E-state index contributed by atoms with van der Waals surface area (Å²) in [5, 5.41) is 0. The zero-order valence-electron chi connectivity index (χ0n) is 9.70. The normalized spacial score (nSPS) is 10.4. The van der Waals surface area contributed by atoms with Crippen LogP contribution in [0.4, 0.5) is 4.39 Å². The van der Waals surface area contributed by atoms with Crippen molar-refractivity contribution in [2.75, 3.05) is 6.54 Å². The monoisotopic (exact) mass is 309 g/mol. The number of rotatable bonds is 4. The quantitative estimate of drug-likeness (QED) is 0.930. The van der Waals surface area contributed by atoms with E-state index >= 15 is 0 Å². The van der Waals surface area contributed by atoms with Crippen LogP contribution in [0.3, 0.4) is 0 Å². The minimum absolute atomic E-state index is 0.211. The van der Waals surface area contributed by atoms with Crippen LogP contribution in [0, 0.1) is 5.82 Å². The third-order valence-corrected chi connectivity index (χ3v) is 2.99. The van der Waals surface area contributed by atoms with E-state index in [4.69, 9.17) is 10.5 Å². The van der Waals surface area contributed by atoms with Gasteiger partial charge in [-0.2, -0.15) is 0 Å². The maximum absolute atomic E-state index is 13.7. The fraction of sp³-hybridized carbons (Fsp3) is 0.143. The van der Waals surface area contributed by atoms with E-state index < -0.39 is 5.82 Å². The number of hydrogen-bond donors (Lipinski definition) is 1. The molecular formula is C14H13BrFNO. The van der Waals surface area contributed by atoms with Crippen LogP contribution >= 0.6 is 15.9 Å². The number of hydrogen-bond acceptors (Lipinski definition) is 2. The lowest BCUT2D eigenvalue weighted by molar-refractivity contribution is 0.437. The Morgan fingerprint density at radius 2 is 1.89 bits per heavy atom. The first-order chi connectivity index (χ1) is 8.70. The van der Waals surface area contributed by atoms with Gasteiger partial charge >= 0.3 is 0 Å². The molecule has 0 heterocycles. The van der Waals surface area contributed by atoms with Gasteiger partial charge < -0.3 is 10.5 Å². The molecule has 94 valence electrons. The van der Waals surface area contributed by atoms with Crippen molar-refractivity contribution in [3.05, 3.63) is 58.3 Å². The summed E-state index contributed by atoms with van der Waals surface area (Å²) in [7, 11) is 0. The van der Waals surface area contributed by atoms with Gasteiger partial charge in [0.2, 0.25) is 0 Å². The fourth-order valence-corrected chi connectivity index (χ4v) is 1.98. The minimum Gasteiger partial charge on any atom is -0.454 e. The van der Waals surface area contributed by atoms with Gasteiger partial charge in [-0.15, -0.1) is 0 Å². The van der Waals surface area contributed by atoms with Crippen molar-refractivity contribution in [3.8, 4) is 11.5 Å². The smallest absolute Gasteiger partial charge is 0.166 e. The number of halogens is 2. The zero-order valence-corrected chi connectivity index (χ0v) is 11.3. The molecular weight excluding hydrogens is 297 g/mol. The largest absolute Gasteiger partial charge is 0.454 e. The van der Waals surface area contributed by atoms with Crippen molar-refractivity contribution in [2.45, 2.75) is 6.42 Å². The average Bonchev–Trinajstić information content (AvgIpc) is 2.35. The van der Waals surface area contributed by atoms with Crippen molar-refractivity contribution in [1.29, 1.82) is 0 Å². The average molecular weight is 310 g/mol. The van der Waals surface area contributed by atoms with Gasteiger partial charge in [-0.1, -0.05) is 34.1 Å². The molecule has 2 N–H and O–H groups in total. The SMILES string of the molecule is NCCc1ccccc1Oc1ccc(Br)cc1F. The van der Waals surface area contributed by atoms with Gasteiger partial charge in [0.1, 0.15) is 5.75 Å². The third-order valence-electron chi connectivity index (χ3n) is 2.50. The van der Waals surface area contributed by atoms with Gasteiger partial charge in [-0.3, -0.25) is 0 Å². The van der Waals surface area contributed by atoms with Gasteiger partial charge in [0.25, 0.3) is 0 Å². The molecule has 0 unspecified atom stereocenters. The molecule has 2 aromatic rings. The van der Waals surface area contributed by atoms with Gasteiger partial charge in [0.05, 0.1) is 0 Å². The Kier molecular flexibility index (Phi) is 4.33. The summed E-state index contributed by atoms with van der Waals surface area (Å²) in [6.45, 7) is 0.531. The Morgan fingerprint density at radius 1 is 1.11 bits per heavy atom. The first kappa shape index (κ1) is 13.1. The molecule has 0 aliphatic heterocycles. The Morgan fingerprint density at radius 3 is 2.61 bits per heavy atom. The van der Waals surface area contributed by atoms with Gasteiger partial charge in [-0.25, -0.2) is 4.39 Å². The number of nitrogens with two attached hydrogens (primary N) is 1. The van der Waals surface area contributed by atoms with Crippen LogP contribution in [-0.2, 0) is 6.42 Å². The first-order valence-corrected chi connectivity index (χ1v) is 6.41. The predicted octanol–water partition coefficient (Wildman–Crippen LogP) is 3.88. The van der Waals surface area contributed by atoms with Crippen molar-refractivity contribution in [1.82, 2.24) is 0 Å². The van der Waals surface area contributed by atoms with Crippen LogP contribution < -0.4 is 10.5 Å². The van der Waals surface area contributed by atoms with Gasteiger partial charge in [-0.05, 0) is 42.8 Å². The summed E-state index contributed by atoms with van der Waals surface area (Å²) in [6, 6.07) is 12.2. The lowest BCUT2D eigenvalue weighted by Gasteiger charge is -2.11. The summed E-state index contributed by atoms with van der Waals surface area (Å²) in [6.07, 6.45) is 0.703. The lowest BCUT2D eigenvalue weighted by atomic mass is 10.1. The molecule has 0 saturated heterocycles. The molecule has 2 nitrogen and oxygen atoms in total. The minimum atomic E-state index is -0.396. The molecule has 0 saturated carbocycles. The molecule has 18 heavy (non-hydrogen) atoms. The summed E-state index contributed by atoms with van der Waals surface area (Å²) >= 11 is 3.21. The van der Waals surface area contributed by atoms with Crippen LogP contribution in [0.2, 0.25) is 0 Å². The topological polar surface area (TPSA) is 35.2 Å². The molecule has 2 aromatic carbocycles. The Labute approximate surface area is 114 Å². The van der Waals surface area contributed by atoms with E-state index in [9.17, 15) is 4.39 Å². The van der Waals surface area contributed by atoms with Crippen molar-refractivity contribution < 1.29 is 9.13 Å². The molecule has 2 rings (SSSR count). The molecule has 0 aromatic heterocycles. The van der Waals surface area contributed by atoms with E-state index in [-0.39, 0.29) is 5.75 Å².